The predicted octanol–water partition coefficient (Wildman–Crippen LogP) is 2.11. The highest BCUT2D eigenvalue weighted by Crippen LogP contribution is 2.43. The van der Waals surface area contributed by atoms with Crippen molar-refractivity contribution in [1.29, 1.82) is 5.26 Å². The Bertz CT molecular complexity index is 1130. The van der Waals surface area contributed by atoms with E-state index in [1.54, 1.807) is 41.2 Å². The Hall–Kier alpha value is -3.80. The summed E-state index contributed by atoms with van der Waals surface area (Å²) in [6.07, 6.45) is 1.78. The number of aliphatic hydroxyl groups is 1. The van der Waals surface area contributed by atoms with E-state index in [-0.39, 0.29) is 18.9 Å². The normalized spacial score (nSPS) is 17.6. The Balaban J connectivity index is 1.43. The van der Waals surface area contributed by atoms with E-state index in [9.17, 15) is 15.2 Å². The Kier molecular flexibility index (Phi) is 5.14. The summed E-state index contributed by atoms with van der Waals surface area (Å²) in [4.78, 5) is 14.2. The molecule has 3 aromatic rings. The van der Waals surface area contributed by atoms with Gasteiger partial charge in [-0.15, -0.1) is 5.10 Å². The number of amides is 1. The first-order valence-electron chi connectivity index (χ1n) is 9.28. The van der Waals surface area contributed by atoms with Crippen LogP contribution in [0.25, 0.3) is 0 Å². The van der Waals surface area contributed by atoms with E-state index in [4.69, 9.17) is 4.74 Å². The molecule has 0 radical (unpaired) electrons. The van der Waals surface area contributed by atoms with Gasteiger partial charge in [-0.3, -0.25) is 9.69 Å². The van der Waals surface area contributed by atoms with Gasteiger partial charge in [0.1, 0.15) is 12.4 Å². The number of hydrogen-bond acceptors (Lipinski definition) is 6. The van der Waals surface area contributed by atoms with Crippen molar-refractivity contribution in [3.8, 4) is 6.07 Å². The number of rotatable bonds is 7. The third-order valence-corrected chi connectivity index (χ3v) is 4.95. The zero-order chi connectivity index (χ0) is 21.1. The summed E-state index contributed by atoms with van der Waals surface area (Å²) < 4.78 is 7.38. The van der Waals surface area contributed by atoms with E-state index in [1.165, 1.54) is 4.90 Å². The summed E-state index contributed by atoms with van der Waals surface area (Å²) in [6.45, 7) is 4.18. The van der Waals surface area contributed by atoms with Gasteiger partial charge in [-0.05, 0) is 11.6 Å². The van der Waals surface area contributed by atoms with Crippen molar-refractivity contribution in [1.82, 2.24) is 15.0 Å². The van der Waals surface area contributed by atoms with Crippen LogP contribution in [0.1, 0.15) is 16.8 Å². The van der Waals surface area contributed by atoms with Crippen LogP contribution < -0.4 is 4.90 Å². The Labute approximate surface area is 173 Å². The van der Waals surface area contributed by atoms with Gasteiger partial charge >= 0.3 is 0 Å². The highest BCUT2D eigenvalue weighted by atomic mass is 16.5. The minimum Gasteiger partial charge on any atom is -0.371 e. The molecule has 4 rings (SSSR count). The van der Waals surface area contributed by atoms with E-state index in [0.717, 1.165) is 5.56 Å². The quantitative estimate of drug-likeness (QED) is 0.608. The highest BCUT2D eigenvalue weighted by molar-refractivity contribution is 6.09. The van der Waals surface area contributed by atoms with Crippen molar-refractivity contribution >= 4 is 11.6 Å². The summed E-state index contributed by atoms with van der Waals surface area (Å²) in [5.74, 6) is -0.664. The Morgan fingerprint density at radius 3 is 2.70 bits per heavy atom. The first-order chi connectivity index (χ1) is 14.5. The fraction of sp³-hybridized carbons (Fsp3) is 0.182. The molecule has 2 aromatic carbocycles. The molecule has 1 atom stereocenters. The number of nitriles is 1. The van der Waals surface area contributed by atoms with E-state index >= 15 is 0 Å². The molecule has 2 heterocycles. The van der Waals surface area contributed by atoms with Crippen molar-refractivity contribution < 1.29 is 14.6 Å². The molecule has 1 aromatic heterocycles. The molecule has 1 unspecified atom stereocenters. The number of anilines is 1. The lowest BCUT2D eigenvalue weighted by Gasteiger charge is -2.21. The molecule has 0 saturated carbocycles. The van der Waals surface area contributed by atoms with Crippen molar-refractivity contribution in [3.63, 3.8) is 0 Å². The van der Waals surface area contributed by atoms with E-state index in [0.29, 0.717) is 23.5 Å². The molecule has 0 spiro atoms. The molecular formula is C22H19N5O3. The van der Waals surface area contributed by atoms with Gasteiger partial charge in [0.2, 0.25) is 5.60 Å². The number of nitrogens with zero attached hydrogens (tertiary/aromatic N) is 5. The van der Waals surface area contributed by atoms with Gasteiger partial charge in [0, 0.05) is 5.56 Å². The molecule has 0 saturated heterocycles. The maximum atomic E-state index is 12.9. The average molecular weight is 401 g/mol. The van der Waals surface area contributed by atoms with E-state index < -0.39 is 11.5 Å². The molecule has 1 N–H and O–H groups in total. The second kappa shape index (κ2) is 7.91. The summed E-state index contributed by atoms with van der Waals surface area (Å²) in [5.41, 5.74) is 0.209. The summed E-state index contributed by atoms with van der Waals surface area (Å²) in [6, 6.07) is 18.4. The fourth-order valence-corrected chi connectivity index (χ4v) is 3.43. The molecule has 150 valence electrons. The first-order valence-corrected chi connectivity index (χ1v) is 9.28. The van der Waals surface area contributed by atoms with Gasteiger partial charge < -0.3 is 9.84 Å². The van der Waals surface area contributed by atoms with Crippen LogP contribution >= 0.6 is 0 Å². The monoisotopic (exact) mass is 401 g/mol. The number of carbonyl (C=O) groups is 1. The number of ether oxygens (including phenoxy) is 1. The maximum absolute atomic E-state index is 12.9. The minimum atomic E-state index is -2.08. The van der Waals surface area contributed by atoms with Crippen LogP contribution in [-0.2, 0) is 28.3 Å². The molecule has 1 aliphatic heterocycles. The van der Waals surface area contributed by atoms with Gasteiger partial charge in [-0.1, -0.05) is 60.3 Å². The highest BCUT2D eigenvalue weighted by Gasteiger charge is 2.52. The molecule has 0 bridgehead atoms. The van der Waals surface area contributed by atoms with Crippen LogP contribution in [0, 0.1) is 11.3 Å². The zero-order valence-corrected chi connectivity index (χ0v) is 16.1. The topological polar surface area (TPSA) is 104 Å². The van der Waals surface area contributed by atoms with E-state index in [1.807, 2.05) is 30.3 Å². The first kappa shape index (κ1) is 19.5. The number of aromatic nitrogens is 3. The molecular weight excluding hydrogens is 382 g/mol. The number of hydrogen-bond donors (Lipinski definition) is 1. The van der Waals surface area contributed by atoms with Crippen molar-refractivity contribution in [2.24, 2.45) is 0 Å². The SMILES string of the molecule is C=C(C#N)C1(O)C(=O)N(COCc2cn(Cc3ccccc3)nn2)c2ccccc21. The summed E-state index contributed by atoms with van der Waals surface area (Å²) >= 11 is 0. The third kappa shape index (κ3) is 3.37. The molecule has 8 nitrogen and oxygen atoms in total. The third-order valence-electron chi connectivity index (χ3n) is 4.95. The number of para-hydroxylation sites is 1. The smallest absolute Gasteiger partial charge is 0.271 e. The lowest BCUT2D eigenvalue weighted by Crippen LogP contribution is -2.42. The van der Waals surface area contributed by atoms with Crippen LogP contribution in [0.4, 0.5) is 5.69 Å². The van der Waals surface area contributed by atoms with Crippen LogP contribution in [0.5, 0.6) is 0 Å². The predicted molar refractivity (Wildman–Crippen MR) is 108 cm³/mol. The molecule has 1 aliphatic rings. The zero-order valence-electron chi connectivity index (χ0n) is 16.1. The van der Waals surface area contributed by atoms with Gasteiger partial charge in [0.25, 0.3) is 5.91 Å². The number of fused-ring (bicyclic) bond motifs is 1. The van der Waals surface area contributed by atoms with Gasteiger partial charge in [0.15, 0.2) is 0 Å². The summed E-state index contributed by atoms with van der Waals surface area (Å²) in [5, 5.41) is 28.3. The van der Waals surface area contributed by atoms with Crippen molar-refractivity contribution in [2.45, 2.75) is 18.8 Å². The Morgan fingerprint density at radius 2 is 1.93 bits per heavy atom. The molecule has 0 aliphatic carbocycles. The standard InChI is InChI=1S/C22H19N5O3/c1-16(11-23)22(29)19-9-5-6-10-20(19)27(21(22)28)15-30-14-18-13-26(25-24-18)12-17-7-3-2-4-8-17/h2-10,13,29H,1,12,14-15H2. The molecule has 1 amide bonds. The Morgan fingerprint density at radius 1 is 1.20 bits per heavy atom. The molecule has 30 heavy (non-hydrogen) atoms. The second-order valence-corrected chi connectivity index (χ2v) is 6.92. The largest absolute Gasteiger partial charge is 0.371 e. The van der Waals surface area contributed by atoms with E-state index in [2.05, 4.69) is 16.9 Å². The van der Waals surface area contributed by atoms with Gasteiger partial charge in [-0.2, -0.15) is 5.26 Å². The lowest BCUT2D eigenvalue weighted by atomic mass is 9.89. The average Bonchev–Trinajstić information content (AvgIpc) is 3.31. The van der Waals surface area contributed by atoms with Gasteiger partial charge in [-0.25, -0.2) is 4.68 Å². The van der Waals surface area contributed by atoms with Crippen molar-refractivity contribution in [3.05, 3.63) is 89.8 Å². The second-order valence-electron chi connectivity index (χ2n) is 6.92. The van der Waals surface area contributed by atoms with Crippen LogP contribution in [0.3, 0.4) is 0 Å². The van der Waals surface area contributed by atoms with Crippen LogP contribution in [0.15, 0.2) is 72.9 Å². The maximum Gasteiger partial charge on any atom is 0.271 e. The van der Waals surface area contributed by atoms with Gasteiger partial charge in [0.05, 0.1) is 36.7 Å². The lowest BCUT2D eigenvalue weighted by molar-refractivity contribution is -0.133. The fourth-order valence-electron chi connectivity index (χ4n) is 3.43. The van der Waals surface area contributed by atoms with Crippen molar-refractivity contribution in [2.75, 3.05) is 11.6 Å². The number of benzene rings is 2. The minimum absolute atomic E-state index is 0.109. The van der Waals surface area contributed by atoms with Crippen LogP contribution in [-0.4, -0.2) is 32.7 Å². The van der Waals surface area contributed by atoms with Crippen LogP contribution in [0.2, 0.25) is 0 Å². The summed E-state index contributed by atoms with van der Waals surface area (Å²) in [7, 11) is 0. The molecule has 8 heteroatoms. The number of carbonyl (C=O) groups excluding carboxylic acids is 1. The molecule has 0 fully saturated rings.